The van der Waals surface area contributed by atoms with Crippen LogP contribution in [0.1, 0.15) is 19.4 Å². The summed E-state index contributed by atoms with van der Waals surface area (Å²) in [6.45, 7) is 7.77. The first-order chi connectivity index (χ1) is 9.86. The van der Waals surface area contributed by atoms with Crippen LogP contribution in [0, 0.1) is 0 Å². The van der Waals surface area contributed by atoms with E-state index in [0.29, 0.717) is 19.1 Å². The van der Waals surface area contributed by atoms with Crippen LogP contribution in [0.25, 0.3) is 0 Å². The molecule has 0 spiro atoms. The highest BCUT2D eigenvalue weighted by Crippen LogP contribution is 2.18. The maximum Gasteiger partial charge on any atom is 0.211 e. The van der Waals surface area contributed by atoms with Gasteiger partial charge in [0.25, 0.3) is 0 Å². The third-order valence-corrected chi connectivity index (χ3v) is 5.03. The molecule has 0 bridgehead atoms. The number of nitrogens with one attached hydrogen (secondary N) is 1. The lowest BCUT2D eigenvalue weighted by Gasteiger charge is -2.34. The Hall–Kier alpha value is -1.11. The van der Waals surface area contributed by atoms with Gasteiger partial charge in [-0.1, -0.05) is 26.0 Å². The highest BCUT2D eigenvalue weighted by molar-refractivity contribution is 7.88. The zero-order valence-electron chi connectivity index (χ0n) is 13.0. The van der Waals surface area contributed by atoms with Gasteiger partial charge in [-0.25, -0.2) is 8.42 Å². The lowest BCUT2D eigenvalue weighted by Crippen LogP contribution is -2.48. The first-order valence-electron chi connectivity index (χ1n) is 7.38. The molecule has 118 valence electrons. The number of rotatable bonds is 5. The highest BCUT2D eigenvalue weighted by atomic mass is 32.2. The molecule has 1 fully saturated rings. The minimum atomic E-state index is -3.06. The highest BCUT2D eigenvalue weighted by Gasteiger charge is 2.23. The predicted octanol–water partition coefficient (Wildman–Crippen LogP) is 1.27. The Bertz CT molecular complexity index is 547. The maximum atomic E-state index is 11.5. The summed E-state index contributed by atoms with van der Waals surface area (Å²) in [4.78, 5) is 2.24. The number of anilines is 1. The zero-order chi connectivity index (χ0) is 15.5. The van der Waals surface area contributed by atoms with Crippen LogP contribution in [0.5, 0.6) is 0 Å². The molecule has 1 N–H and O–H groups in total. The van der Waals surface area contributed by atoms with Crippen LogP contribution >= 0.6 is 0 Å². The Balaban J connectivity index is 1.92. The average molecular weight is 311 g/mol. The van der Waals surface area contributed by atoms with E-state index < -0.39 is 10.0 Å². The summed E-state index contributed by atoms with van der Waals surface area (Å²) in [5.74, 6) is 0. The van der Waals surface area contributed by atoms with E-state index in [-0.39, 0.29) is 0 Å². The molecule has 0 aliphatic carbocycles. The van der Waals surface area contributed by atoms with Gasteiger partial charge in [0, 0.05) is 44.5 Å². The van der Waals surface area contributed by atoms with Crippen LogP contribution in [0.15, 0.2) is 24.3 Å². The lowest BCUT2D eigenvalue weighted by atomic mass is 10.1. The number of nitrogens with zero attached hydrogens (tertiary/aromatic N) is 2. The van der Waals surface area contributed by atoms with E-state index in [0.717, 1.165) is 25.3 Å². The lowest BCUT2D eigenvalue weighted by molar-refractivity contribution is 0.388. The van der Waals surface area contributed by atoms with Crippen molar-refractivity contribution in [2.24, 2.45) is 0 Å². The summed E-state index contributed by atoms with van der Waals surface area (Å²) in [5.41, 5.74) is 2.43. The quantitative estimate of drug-likeness (QED) is 0.890. The van der Waals surface area contributed by atoms with Gasteiger partial charge in [0.1, 0.15) is 0 Å². The Morgan fingerprint density at radius 1 is 1.10 bits per heavy atom. The molecule has 2 rings (SSSR count). The van der Waals surface area contributed by atoms with Gasteiger partial charge in [-0.05, 0) is 17.7 Å². The van der Waals surface area contributed by atoms with Crippen molar-refractivity contribution in [2.75, 3.05) is 37.3 Å². The van der Waals surface area contributed by atoms with Gasteiger partial charge in [-0.3, -0.25) is 0 Å². The van der Waals surface area contributed by atoms with E-state index in [2.05, 4.69) is 48.3 Å². The average Bonchev–Trinajstić information content (AvgIpc) is 2.45. The maximum absolute atomic E-state index is 11.5. The fraction of sp³-hybridized carbons (Fsp3) is 0.600. The molecule has 1 aromatic carbocycles. The van der Waals surface area contributed by atoms with Crippen molar-refractivity contribution in [1.29, 1.82) is 0 Å². The van der Waals surface area contributed by atoms with Crippen molar-refractivity contribution in [3.05, 3.63) is 29.8 Å². The van der Waals surface area contributed by atoms with Crippen LogP contribution in [-0.4, -0.2) is 51.2 Å². The Morgan fingerprint density at radius 3 is 2.14 bits per heavy atom. The Labute approximate surface area is 128 Å². The van der Waals surface area contributed by atoms with Gasteiger partial charge >= 0.3 is 0 Å². The second kappa shape index (κ2) is 6.77. The van der Waals surface area contributed by atoms with E-state index in [1.54, 1.807) is 4.31 Å². The molecule has 0 amide bonds. The molecule has 1 aliphatic heterocycles. The minimum absolute atomic E-state index is 0.480. The van der Waals surface area contributed by atoms with Crippen LogP contribution in [0.3, 0.4) is 0 Å². The van der Waals surface area contributed by atoms with Crippen LogP contribution in [0.4, 0.5) is 5.69 Å². The molecule has 1 heterocycles. The SMILES string of the molecule is CC(C)NCc1ccc(N2CCN(S(C)(=O)=O)CC2)cc1. The van der Waals surface area contributed by atoms with Crippen molar-refractivity contribution in [3.63, 3.8) is 0 Å². The van der Waals surface area contributed by atoms with E-state index in [9.17, 15) is 8.42 Å². The fourth-order valence-corrected chi connectivity index (χ4v) is 3.25. The molecule has 0 unspecified atom stereocenters. The van der Waals surface area contributed by atoms with E-state index in [1.165, 1.54) is 11.8 Å². The number of hydrogen-bond acceptors (Lipinski definition) is 4. The largest absolute Gasteiger partial charge is 0.369 e. The first-order valence-corrected chi connectivity index (χ1v) is 9.23. The van der Waals surface area contributed by atoms with Crippen LogP contribution in [0.2, 0.25) is 0 Å². The van der Waals surface area contributed by atoms with Crippen molar-refractivity contribution in [2.45, 2.75) is 26.4 Å². The second-order valence-electron chi connectivity index (χ2n) is 5.85. The van der Waals surface area contributed by atoms with Gasteiger partial charge < -0.3 is 10.2 Å². The van der Waals surface area contributed by atoms with Gasteiger partial charge in [0.05, 0.1) is 6.26 Å². The van der Waals surface area contributed by atoms with E-state index >= 15 is 0 Å². The van der Waals surface area contributed by atoms with Crippen LogP contribution < -0.4 is 10.2 Å². The molecule has 6 heteroatoms. The number of hydrogen-bond donors (Lipinski definition) is 1. The topological polar surface area (TPSA) is 52.6 Å². The summed E-state index contributed by atoms with van der Waals surface area (Å²) in [7, 11) is -3.06. The smallest absolute Gasteiger partial charge is 0.211 e. The second-order valence-corrected chi connectivity index (χ2v) is 7.83. The van der Waals surface area contributed by atoms with Crippen molar-refractivity contribution in [3.8, 4) is 0 Å². The van der Waals surface area contributed by atoms with Gasteiger partial charge in [-0.15, -0.1) is 0 Å². The van der Waals surface area contributed by atoms with E-state index in [1.807, 2.05) is 0 Å². The molecule has 1 aliphatic rings. The molecule has 5 nitrogen and oxygen atoms in total. The molecule has 0 atom stereocenters. The minimum Gasteiger partial charge on any atom is -0.369 e. The first kappa shape index (κ1) is 16.3. The fourth-order valence-electron chi connectivity index (χ4n) is 2.42. The third kappa shape index (κ3) is 4.69. The number of sulfonamides is 1. The molecule has 0 saturated carbocycles. The molecule has 0 radical (unpaired) electrons. The van der Waals surface area contributed by atoms with Crippen molar-refractivity contribution >= 4 is 15.7 Å². The summed E-state index contributed by atoms with van der Waals surface area (Å²) >= 11 is 0. The van der Waals surface area contributed by atoms with Gasteiger partial charge in [0.15, 0.2) is 0 Å². The zero-order valence-corrected chi connectivity index (χ0v) is 13.9. The summed E-state index contributed by atoms with van der Waals surface area (Å²) in [6, 6.07) is 8.98. The van der Waals surface area contributed by atoms with Gasteiger partial charge in [0.2, 0.25) is 10.0 Å². The summed E-state index contributed by atoms with van der Waals surface area (Å²) in [5, 5.41) is 3.40. The monoisotopic (exact) mass is 311 g/mol. The summed E-state index contributed by atoms with van der Waals surface area (Å²) in [6.07, 6.45) is 1.28. The molecular weight excluding hydrogens is 286 g/mol. The molecular formula is C15H25N3O2S. The summed E-state index contributed by atoms with van der Waals surface area (Å²) < 4.78 is 24.5. The molecule has 21 heavy (non-hydrogen) atoms. The Kier molecular flexibility index (Phi) is 5.24. The van der Waals surface area contributed by atoms with Crippen LogP contribution in [-0.2, 0) is 16.6 Å². The van der Waals surface area contributed by atoms with Crippen molar-refractivity contribution < 1.29 is 8.42 Å². The third-order valence-electron chi connectivity index (χ3n) is 3.72. The van der Waals surface area contributed by atoms with Crippen molar-refractivity contribution in [1.82, 2.24) is 9.62 Å². The van der Waals surface area contributed by atoms with Gasteiger partial charge in [-0.2, -0.15) is 4.31 Å². The number of piperazine rings is 1. The molecule has 0 aromatic heterocycles. The standard InChI is InChI=1S/C15H25N3O2S/c1-13(2)16-12-14-4-6-15(7-5-14)17-8-10-18(11-9-17)21(3,19)20/h4-7,13,16H,8-12H2,1-3H3. The molecule has 1 aromatic rings. The normalized spacial score (nSPS) is 17.4. The van der Waals surface area contributed by atoms with E-state index in [4.69, 9.17) is 0 Å². The number of benzene rings is 1. The Morgan fingerprint density at radius 2 is 1.67 bits per heavy atom. The predicted molar refractivity (Wildman–Crippen MR) is 87.0 cm³/mol. The molecule has 1 saturated heterocycles.